The molecule has 1 aromatic carbocycles. The average Bonchev–Trinajstić information content (AvgIpc) is 2.35. The molecule has 106 valence electrons. The molecule has 0 saturated heterocycles. The Balaban J connectivity index is 2.82. The number of nitrogens with one attached hydrogen (secondary N) is 2. The van der Waals surface area contributed by atoms with E-state index in [4.69, 9.17) is 0 Å². The van der Waals surface area contributed by atoms with Gasteiger partial charge in [0.2, 0.25) is 0 Å². The lowest BCUT2D eigenvalue weighted by Gasteiger charge is -2.21. The van der Waals surface area contributed by atoms with E-state index in [1.807, 2.05) is 25.1 Å². The van der Waals surface area contributed by atoms with Crippen LogP contribution in [-0.2, 0) is 0 Å². The van der Waals surface area contributed by atoms with Crippen LogP contribution in [0.4, 0.5) is 5.69 Å². The van der Waals surface area contributed by atoms with Gasteiger partial charge in [-0.05, 0) is 49.9 Å². The number of aryl methyl sites for hydroxylation is 1. The fourth-order valence-electron chi connectivity index (χ4n) is 2.22. The molecule has 1 aromatic rings. The molecule has 0 fully saturated rings. The van der Waals surface area contributed by atoms with E-state index in [1.54, 1.807) is 0 Å². The largest absolute Gasteiger partial charge is 0.385 e. The van der Waals surface area contributed by atoms with Crippen LogP contribution >= 0.6 is 0 Å². The third-order valence-corrected chi connectivity index (χ3v) is 3.41. The Morgan fingerprint density at radius 1 is 1.26 bits per heavy atom. The molecule has 0 spiro atoms. The Kier molecular flexibility index (Phi) is 5.87. The van der Waals surface area contributed by atoms with Crippen molar-refractivity contribution in [3.63, 3.8) is 0 Å². The van der Waals surface area contributed by atoms with Gasteiger partial charge in [-0.1, -0.05) is 20.8 Å². The number of carbonyl (C=O) groups is 1. The van der Waals surface area contributed by atoms with Gasteiger partial charge in [-0.25, -0.2) is 0 Å². The summed E-state index contributed by atoms with van der Waals surface area (Å²) in [5, 5.41) is 6.37. The molecule has 19 heavy (non-hydrogen) atoms. The lowest BCUT2D eigenvalue weighted by molar-refractivity contribution is 0.0924. The van der Waals surface area contributed by atoms with Crippen molar-refractivity contribution in [3.05, 3.63) is 29.3 Å². The van der Waals surface area contributed by atoms with Crippen LogP contribution in [-0.4, -0.2) is 18.5 Å². The third-order valence-electron chi connectivity index (χ3n) is 3.41. The second-order valence-electron chi connectivity index (χ2n) is 5.29. The number of rotatable bonds is 6. The summed E-state index contributed by atoms with van der Waals surface area (Å²) in [5.41, 5.74) is 2.84. The highest BCUT2D eigenvalue weighted by Crippen LogP contribution is 2.16. The molecule has 0 aromatic heterocycles. The average molecular weight is 262 g/mol. The van der Waals surface area contributed by atoms with E-state index in [0.717, 1.165) is 29.8 Å². The summed E-state index contributed by atoms with van der Waals surface area (Å²) < 4.78 is 0. The topological polar surface area (TPSA) is 41.1 Å². The van der Waals surface area contributed by atoms with Crippen molar-refractivity contribution < 1.29 is 4.79 Å². The Hall–Kier alpha value is -1.51. The first-order valence-corrected chi connectivity index (χ1v) is 7.14. The molecule has 0 radical (unpaired) electrons. The van der Waals surface area contributed by atoms with Crippen molar-refractivity contribution >= 4 is 11.6 Å². The minimum absolute atomic E-state index is 0.0288. The second-order valence-corrected chi connectivity index (χ2v) is 5.29. The van der Waals surface area contributed by atoms with E-state index in [0.29, 0.717) is 5.92 Å². The van der Waals surface area contributed by atoms with E-state index in [9.17, 15) is 4.79 Å². The van der Waals surface area contributed by atoms with Gasteiger partial charge in [0.25, 0.3) is 5.91 Å². The summed E-state index contributed by atoms with van der Waals surface area (Å²) in [5.74, 6) is 0.483. The summed E-state index contributed by atoms with van der Waals surface area (Å²) in [4.78, 5) is 12.3. The highest BCUT2D eigenvalue weighted by molar-refractivity contribution is 5.96. The zero-order chi connectivity index (χ0) is 14.4. The first kappa shape index (κ1) is 15.5. The predicted molar refractivity (Wildman–Crippen MR) is 81.7 cm³/mol. The molecule has 1 amide bonds. The fourth-order valence-corrected chi connectivity index (χ4v) is 2.22. The fraction of sp³-hybridized carbons (Fsp3) is 0.562. The second kappa shape index (κ2) is 7.17. The van der Waals surface area contributed by atoms with E-state index in [-0.39, 0.29) is 11.9 Å². The molecule has 0 aliphatic carbocycles. The Bertz CT molecular complexity index is 427. The molecule has 1 rings (SSSR count). The van der Waals surface area contributed by atoms with Gasteiger partial charge < -0.3 is 10.6 Å². The molecule has 1 unspecified atom stereocenters. The predicted octanol–water partition coefficient (Wildman–Crippen LogP) is 3.59. The van der Waals surface area contributed by atoms with E-state index in [2.05, 4.69) is 38.3 Å². The number of hydrogen-bond donors (Lipinski definition) is 2. The van der Waals surface area contributed by atoms with Gasteiger partial charge in [0.1, 0.15) is 0 Å². The van der Waals surface area contributed by atoms with E-state index < -0.39 is 0 Å². The molecular weight excluding hydrogens is 236 g/mol. The van der Waals surface area contributed by atoms with Gasteiger partial charge in [-0.15, -0.1) is 0 Å². The summed E-state index contributed by atoms with van der Waals surface area (Å²) >= 11 is 0. The standard InChI is InChI=1S/C16H26N2O/c1-6-15(11(3)4)18-16(19)14-9-8-13(17-7-2)10-12(14)5/h8-11,15,17H,6-7H2,1-5H3,(H,18,19). The van der Waals surface area contributed by atoms with Crippen molar-refractivity contribution in [2.75, 3.05) is 11.9 Å². The highest BCUT2D eigenvalue weighted by Gasteiger charge is 2.16. The Labute approximate surface area is 116 Å². The highest BCUT2D eigenvalue weighted by atomic mass is 16.1. The first-order chi connectivity index (χ1) is 8.99. The van der Waals surface area contributed by atoms with Crippen molar-refractivity contribution in [1.29, 1.82) is 0 Å². The summed E-state index contributed by atoms with van der Waals surface area (Å²) in [7, 11) is 0. The normalized spacial score (nSPS) is 12.3. The van der Waals surface area contributed by atoms with E-state index >= 15 is 0 Å². The van der Waals surface area contributed by atoms with Crippen LogP contribution in [0.15, 0.2) is 18.2 Å². The molecular formula is C16H26N2O. The van der Waals surface area contributed by atoms with E-state index in [1.165, 1.54) is 0 Å². The molecule has 3 nitrogen and oxygen atoms in total. The molecule has 0 bridgehead atoms. The lowest BCUT2D eigenvalue weighted by atomic mass is 10.0. The van der Waals surface area contributed by atoms with Gasteiger partial charge in [0, 0.05) is 23.8 Å². The minimum atomic E-state index is 0.0288. The number of amides is 1. The maximum absolute atomic E-state index is 12.3. The van der Waals surface area contributed by atoms with Gasteiger partial charge in [0.05, 0.1) is 0 Å². The van der Waals surface area contributed by atoms with Gasteiger partial charge >= 0.3 is 0 Å². The number of anilines is 1. The number of hydrogen-bond acceptors (Lipinski definition) is 2. The molecule has 2 N–H and O–H groups in total. The van der Waals surface area contributed by atoms with Gasteiger partial charge in [-0.3, -0.25) is 4.79 Å². The van der Waals surface area contributed by atoms with Crippen molar-refractivity contribution in [2.24, 2.45) is 5.92 Å². The zero-order valence-corrected chi connectivity index (χ0v) is 12.7. The molecule has 0 aliphatic heterocycles. The van der Waals surface area contributed by atoms with Crippen LogP contribution in [0.25, 0.3) is 0 Å². The van der Waals surface area contributed by atoms with Gasteiger partial charge in [0.15, 0.2) is 0 Å². The first-order valence-electron chi connectivity index (χ1n) is 7.14. The van der Waals surface area contributed by atoms with Crippen LogP contribution in [0.5, 0.6) is 0 Å². The monoisotopic (exact) mass is 262 g/mol. The maximum atomic E-state index is 12.3. The molecule has 0 heterocycles. The van der Waals surface area contributed by atoms with Crippen molar-refractivity contribution in [1.82, 2.24) is 5.32 Å². The molecule has 0 saturated carbocycles. The Morgan fingerprint density at radius 2 is 1.95 bits per heavy atom. The van der Waals surface area contributed by atoms with Crippen LogP contribution in [0.1, 0.15) is 50.0 Å². The quantitative estimate of drug-likeness (QED) is 0.822. The molecule has 3 heteroatoms. The number of benzene rings is 1. The van der Waals surface area contributed by atoms with Crippen LogP contribution in [0.3, 0.4) is 0 Å². The molecule has 1 atom stereocenters. The smallest absolute Gasteiger partial charge is 0.251 e. The van der Waals surface area contributed by atoms with Crippen molar-refractivity contribution in [2.45, 2.75) is 47.1 Å². The SMILES string of the molecule is CCNc1ccc(C(=O)NC(CC)C(C)C)c(C)c1. The van der Waals surface area contributed by atoms with Gasteiger partial charge in [-0.2, -0.15) is 0 Å². The Morgan fingerprint density at radius 3 is 2.42 bits per heavy atom. The number of carbonyl (C=O) groups excluding carboxylic acids is 1. The maximum Gasteiger partial charge on any atom is 0.251 e. The summed E-state index contributed by atoms with van der Waals surface area (Å²) in [6.07, 6.45) is 0.956. The summed E-state index contributed by atoms with van der Waals surface area (Å²) in [6, 6.07) is 6.12. The van der Waals surface area contributed by atoms with Crippen LogP contribution < -0.4 is 10.6 Å². The summed E-state index contributed by atoms with van der Waals surface area (Å²) in [6.45, 7) is 11.3. The third kappa shape index (κ3) is 4.27. The van der Waals surface area contributed by atoms with Crippen molar-refractivity contribution in [3.8, 4) is 0 Å². The lowest BCUT2D eigenvalue weighted by Crippen LogP contribution is -2.38. The zero-order valence-electron chi connectivity index (χ0n) is 12.7. The van der Waals surface area contributed by atoms with Crippen LogP contribution in [0.2, 0.25) is 0 Å². The molecule has 0 aliphatic rings. The van der Waals surface area contributed by atoms with Crippen LogP contribution in [0, 0.1) is 12.8 Å². The minimum Gasteiger partial charge on any atom is -0.385 e.